The van der Waals surface area contributed by atoms with Gasteiger partial charge in [-0.15, -0.1) is 0 Å². The zero-order chi connectivity index (χ0) is 23.9. The first kappa shape index (κ1) is 22.3. The molecule has 174 valence electrons. The monoisotopic (exact) mass is 463 g/mol. The quantitative estimate of drug-likeness (QED) is 0.574. The van der Waals surface area contributed by atoms with Crippen molar-refractivity contribution in [2.75, 3.05) is 11.1 Å². The lowest BCUT2D eigenvalue weighted by molar-refractivity contribution is -0.141. The maximum atomic E-state index is 12.9. The first-order valence-corrected chi connectivity index (χ1v) is 10.1. The molecule has 1 aliphatic carbocycles. The number of carbonyl (C=O) groups excluding carboxylic acids is 1. The van der Waals surface area contributed by atoms with Gasteiger partial charge in [0.15, 0.2) is 0 Å². The number of nitrogens with one attached hydrogen (secondary N) is 1. The van der Waals surface area contributed by atoms with Crippen LogP contribution in [0.3, 0.4) is 0 Å². The van der Waals surface area contributed by atoms with Crippen molar-refractivity contribution in [3.05, 3.63) is 62.8 Å². The Morgan fingerprint density at radius 3 is 2.52 bits per heavy atom. The zero-order valence-electron chi connectivity index (χ0n) is 17.5. The molecule has 0 saturated heterocycles. The maximum absolute atomic E-state index is 12.9. The third-order valence-electron chi connectivity index (χ3n) is 5.31. The number of nitrogen functional groups attached to an aromatic ring is 1. The number of pyridine rings is 1. The second-order valence-corrected chi connectivity index (χ2v) is 7.67. The van der Waals surface area contributed by atoms with Gasteiger partial charge in [-0.3, -0.25) is 18.7 Å². The topological polar surface area (TPSA) is 130 Å². The van der Waals surface area contributed by atoms with Crippen LogP contribution in [-0.4, -0.2) is 29.8 Å². The number of carbonyl (C=O) groups is 1. The van der Waals surface area contributed by atoms with Gasteiger partial charge in [0, 0.05) is 19.3 Å². The molecule has 0 unspecified atom stereocenters. The van der Waals surface area contributed by atoms with Gasteiger partial charge in [-0.05, 0) is 37.8 Å². The van der Waals surface area contributed by atoms with E-state index in [1.807, 2.05) is 0 Å². The lowest BCUT2D eigenvalue weighted by Gasteiger charge is -2.15. The van der Waals surface area contributed by atoms with Crippen LogP contribution >= 0.6 is 0 Å². The Hall–Kier alpha value is -3.90. The average molecular weight is 463 g/mol. The van der Waals surface area contributed by atoms with E-state index in [0.717, 1.165) is 35.7 Å². The summed E-state index contributed by atoms with van der Waals surface area (Å²) < 4.78 is 41.5. The number of hydrogen-bond acceptors (Lipinski definition) is 6. The first-order valence-electron chi connectivity index (χ1n) is 10.1. The van der Waals surface area contributed by atoms with Gasteiger partial charge in [0.05, 0.1) is 23.6 Å². The highest BCUT2D eigenvalue weighted by Gasteiger charge is 2.32. The van der Waals surface area contributed by atoms with Crippen LogP contribution in [0, 0.1) is 5.92 Å². The summed E-state index contributed by atoms with van der Waals surface area (Å²) in [6.45, 7) is 2.15. The van der Waals surface area contributed by atoms with Crippen molar-refractivity contribution in [3.63, 3.8) is 0 Å². The smallest absolute Gasteiger partial charge is 0.383 e. The van der Waals surface area contributed by atoms with Crippen LogP contribution in [-0.2, 0) is 19.3 Å². The van der Waals surface area contributed by atoms with Gasteiger partial charge in [0.2, 0.25) is 0 Å². The van der Waals surface area contributed by atoms with E-state index in [1.54, 1.807) is 6.92 Å². The van der Waals surface area contributed by atoms with Crippen LogP contribution < -0.4 is 22.3 Å². The third kappa shape index (κ3) is 4.38. The normalized spacial score (nSPS) is 13.8. The Bertz CT molecular complexity index is 1320. The van der Waals surface area contributed by atoms with Crippen molar-refractivity contribution in [2.45, 2.75) is 39.0 Å². The van der Waals surface area contributed by atoms with Crippen LogP contribution in [0.25, 0.3) is 5.69 Å². The summed E-state index contributed by atoms with van der Waals surface area (Å²) >= 11 is 0. The van der Waals surface area contributed by atoms with Crippen molar-refractivity contribution >= 4 is 17.4 Å². The summed E-state index contributed by atoms with van der Waals surface area (Å²) in [5.41, 5.74) is 3.72. The number of nitrogens with two attached hydrogens (primary N) is 1. The van der Waals surface area contributed by atoms with Gasteiger partial charge in [-0.1, -0.05) is 0 Å². The van der Waals surface area contributed by atoms with Crippen LogP contribution in [0.4, 0.5) is 24.7 Å². The summed E-state index contributed by atoms with van der Waals surface area (Å²) in [7, 11) is 0. The molecule has 0 radical (unpaired) electrons. The van der Waals surface area contributed by atoms with E-state index in [9.17, 15) is 27.6 Å². The Morgan fingerprint density at radius 2 is 1.94 bits per heavy atom. The minimum Gasteiger partial charge on any atom is -0.383 e. The molecule has 13 heteroatoms. The molecule has 0 bridgehead atoms. The SMILES string of the molecule is CCn1c(N)c(NC(=O)c2cnn(-c3ccc(C(F)(F)F)nc3)c2)c(=O)n(CC2CC2)c1=O. The van der Waals surface area contributed by atoms with Crippen molar-refractivity contribution < 1.29 is 18.0 Å². The number of alkyl halides is 3. The second kappa shape index (κ2) is 8.22. The molecule has 1 aliphatic rings. The molecule has 0 spiro atoms. The van der Waals surface area contributed by atoms with Crippen molar-refractivity contribution in [1.29, 1.82) is 0 Å². The van der Waals surface area contributed by atoms with Gasteiger partial charge in [0.1, 0.15) is 17.2 Å². The van der Waals surface area contributed by atoms with Crippen LogP contribution in [0.15, 0.2) is 40.3 Å². The molecular weight excluding hydrogens is 443 g/mol. The number of aromatic nitrogens is 5. The third-order valence-corrected chi connectivity index (χ3v) is 5.31. The summed E-state index contributed by atoms with van der Waals surface area (Å²) in [5, 5.41) is 6.41. The van der Waals surface area contributed by atoms with Gasteiger partial charge in [-0.25, -0.2) is 14.5 Å². The standard InChI is InChI=1S/C20H20F3N7O3/c1-2-28-16(24)15(18(32)29(19(28)33)9-11-3-4-11)27-17(31)12-7-26-30(10-12)13-5-6-14(25-8-13)20(21,22)23/h5-8,10-11H,2-4,9,24H2,1H3,(H,27,31). The molecule has 1 saturated carbocycles. The van der Waals surface area contributed by atoms with Crippen molar-refractivity contribution in [3.8, 4) is 5.69 Å². The fraction of sp³-hybridized carbons (Fsp3) is 0.350. The van der Waals surface area contributed by atoms with Crippen molar-refractivity contribution in [1.82, 2.24) is 23.9 Å². The van der Waals surface area contributed by atoms with Crippen LogP contribution in [0.2, 0.25) is 0 Å². The molecule has 0 atom stereocenters. The number of halogens is 3. The zero-order valence-corrected chi connectivity index (χ0v) is 17.5. The van der Waals surface area contributed by atoms with E-state index >= 15 is 0 Å². The van der Waals surface area contributed by atoms with Gasteiger partial charge < -0.3 is 11.1 Å². The molecule has 0 aromatic carbocycles. The Balaban J connectivity index is 1.61. The fourth-order valence-electron chi connectivity index (χ4n) is 3.31. The van der Waals surface area contributed by atoms with Crippen LogP contribution in [0.5, 0.6) is 0 Å². The molecule has 3 aromatic heterocycles. The number of amides is 1. The van der Waals surface area contributed by atoms with E-state index in [1.165, 1.54) is 21.6 Å². The first-order chi connectivity index (χ1) is 15.6. The summed E-state index contributed by atoms with van der Waals surface area (Å²) in [5.74, 6) is -0.639. The van der Waals surface area contributed by atoms with Gasteiger partial charge >= 0.3 is 11.9 Å². The van der Waals surface area contributed by atoms with E-state index in [-0.39, 0.29) is 41.8 Å². The van der Waals surface area contributed by atoms with E-state index < -0.39 is 29.0 Å². The highest BCUT2D eigenvalue weighted by atomic mass is 19.4. The molecule has 3 heterocycles. The lowest BCUT2D eigenvalue weighted by atomic mass is 10.3. The predicted molar refractivity (Wildman–Crippen MR) is 112 cm³/mol. The Kier molecular flexibility index (Phi) is 5.56. The largest absolute Gasteiger partial charge is 0.433 e. The molecule has 0 aliphatic heterocycles. The molecular formula is C20H20F3N7O3. The van der Waals surface area contributed by atoms with Crippen LogP contribution in [0.1, 0.15) is 35.8 Å². The Labute approximate surface area is 184 Å². The molecule has 3 N–H and O–H groups in total. The summed E-state index contributed by atoms with van der Waals surface area (Å²) in [6.07, 6.45) is 0.693. The van der Waals surface area contributed by atoms with Gasteiger partial charge in [0.25, 0.3) is 11.5 Å². The minimum atomic E-state index is -4.57. The fourth-order valence-corrected chi connectivity index (χ4v) is 3.31. The summed E-state index contributed by atoms with van der Waals surface area (Å²) in [6, 6.07) is 1.96. The molecule has 33 heavy (non-hydrogen) atoms. The maximum Gasteiger partial charge on any atom is 0.433 e. The highest BCUT2D eigenvalue weighted by Crippen LogP contribution is 2.30. The Morgan fingerprint density at radius 1 is 1.21 bits per heavy atom. The van der Waals surface area contributed by atoms with Gasteiger partial charge in [-0.2, -0.15) is 18.3 Å². The van der Waals surface area contributed by atoms with E-state index in [4.69, 9.17) is 5.73 Å². The molecule has 10 nitrogen and oxygen atoms in total. The lowest BCUT2D eigenvalue weighted by Crippen LogP contribution is -2.43. The van der Waals surface area contributed by atoms with E-state index in [2.05, 4.69) is 15.4 Å². The number of anilines is 2. The highest BCUT2D eigenvalue weighted by molar-refractivity contribution is 6.05. The second-order valence-electron chi connectivity index (χ2n) is 7.67. The predicted octanol–water partition coefficient (Wildman–Crippen LogP) is 1.87. The number of rotatable bonds is 6. The minimum absolute atomic E-state index is 0.0247. The molecule has 3 aromatic rings. The number of nitrogens with zero attached hydrogens (tertiary/aromatic N) is 5. The average Bonchev–Trinajstić information content (AvgIpc) is 3.46. The molecule has 4 rings (SSSR count). The number of hydrogen-bond donors (Lipinski definition) is 2. The van der Waals surface area contributed by atoms with E-state index in [0.29, 0.717) is 0 Å². The molecule has 1 amide bonds. The molecule has 1 fully saturated rings. The summed E-state index contributed by atoms with van der Waals surface area (Å²) in [4.78, 5) is 41.6. The van der Waals surface area contributed by atoms with Crippen molar-refractivity contribution in [2.24, 2.45) is 5.92 Å².